The molecule has 0 saturated carbocycles. The zero-order chi connectivity index (χ0) is 22.9. The molecule has 172 valence electrons. The number of likely N-dealkylation sites (tertiary alicyclic amines) is 1. The minimum Gasteiger partial charge on any atom is -0.507 e. The quantitative estimate of drug-likeness (QED) is 0.402. The SMILES string of the molecule is O=C1OCC=CCCC=CC(=NOCC(=O)N2CCCCC2)Cc2c(Cl)c(O)cc(O)c21. The van der Waals surface area contributed by atoms with Crippen molar-refractivity contribution in [1.29, 1.82) is 0 Å². The summed E-state index contributed by atoms with van der Waals surface area (Å²) < 4.78 is 5.21. The largest absolute Gasteiger partial charge is 0.507 e. The molecule has 1 fully saturated rings. The molecule has 0 radical (unpaired) electrons. The van der Waals surface area contributed by atoms with Crippen molar-refractivity contribution in [3.05, 3.63) is 46.5 Å². The average molecular weight is 463 g/mol. The third-order valence-electron chi connectivity index (χ3n) is 5.25. The molecule has 8 nitrogen and oxygen atoms in total. The van der Waals surface area contributed by atoms with Crippen LogP contribution in [0.15, 0.2) is 35.5 Å². The zero-order valence-electron chi connectivity index (χ0n) is 17.8. The fraction of sp³-hybridized carbons (Fsp3) is 0.435. The second-order valence-corrected chi connectivity index (χ2v) is 7.98. The fourth-order valence-electron chi connectivity index (χ4n) is 3.58. The Labute approximate surface area is 191 Å². The van der Waals surface area contributed by atoms with E-state index in [9.17, 15) is 19.8 Å². The van der Waals surface area contributed by atoms with Gasteiger partial charge in [-0.25, -0.2) is 4.79 Å². The molecule has 0 spiro atoms. The van der Waals surface area contributed by atoms with Crippen LogP contribution >= 0.6 is 11.6 Å². The number of benzene rings is 1. The number of rotatable bonds is 3. The molecule has 2 heterocycles. The van der Waals surface area contributed by atoms with Gasteiger partial charge < -0.3 is 24.7 Å². The van der Waals surface area contributed by atoms with E-state index in [4.69, 9.17) is 21.2 Å². The van der Waals surface area contributed by atoms with Crippen LogP contribution in [0, 0.1) is 0 Å². The number of hydrogen-bond acceptors (Lipinski definition) is 7. The molecule has 0 aromatic heterocycles. The van der Waals surface area contributed by atoms with Gasteiger partial charge in [0.15, 0.2) is 6.61 Å². The van der Waals surface area contributed by atoms with Crippen molar-refractivity contribution >= 4 is 29.2 Å². The molecule has 3 rings (SSSR count). The average Bonchev–Trinajstić information content (AvgIpc) is 2.80. The van der Waals surface area contributed by atoms with Gasteiger partial charge in [0.2, 0.25) is 0 Å². The lowest BCUT2D eigenvalue weighted by atomic mass is 9.99. The van der Waals surface area contributed by atoms with Crippen molar-refractivity contribution in [2.24, 2.45) is 5.16 Å². The van der Waals surface area contributed by atoms with Gasteiger partial charge in [0, 0.05) is 25.6 Å². The number of phenolic OH excluding ortho intramolecular Hbond substituents is 2. The molecule has 2 aliphatic rings. The number of carbonyl (C=O) groups is 2. The van der Waals surface area contributed by atoms with Crippen molar-refractivity contribution in [1.82, 2.24) is 4.90 Å². The molecule has 2 N–H and O–H groups in total. The van der Waals surface area contributed by atoms with E-state index in [0.717, 1.165) is 44.8 Å². The van der Waals surface area contributed by atoms with Crippen molar-refractivity contribution in [3.8, 4) is 11.5 Å². The van der Waals surface area contributed by atoms with E-state index in [1.807, 2.05) is 12.2 Å². The van der Waals surface area contributed by atoms with Gasteiger partial charge in [-0.1, -0.05) is 35.0 Å². The number of oxime groups is 1. The number of halogens is 1. The first-order chi connectivity index (χ1) is 15.5. The van der Waals surface area contributed by atoms with E-state index in [1.54, 1.807) is 17.1 Å². The van der Waals surface area contributed by atoms with E-state index < -0.39 is 11.7 Å². The Bertz CT molecular complexity index is 935. The number of amides is 1. The molecule has 1 amide bonds. The molecule has 0 unspecified atom stereocenters. The van der Waals surface area contributed by atoms with Gasteiger partial charge in [-0.05, 0) is 43.7 Å². The number of hydrogen-bond donors (Lipinski definition) is 2. The third-order valence-corrected chi connectivity index (χ3v) is 5.67. The number of piperidine rings is 1. The van der Waals surface area contributed by atoms with E-state index >= 15 is 0 Å². The summed E-state index contributed by atoms with van der Waals surface area (Å²) in [5.74, 6) is -1.72. The van der Waals surface area contributed by atoms with E-state index in [2.05, 4.69) is 5.16 Å². The summed E-state index contributed by atoms with van der Waals surface area (Å²) >= 11 is 6.26. The van der Waals surface area contributed by atoms with Crippen LogP contribution in [0.5, 0.6) is 11.5 Å². The van der Waals surface area contributed by atoms with Crippen molar-refractivity contribution in [3.63, 3.8) is 0 Å². The number of aromatic hydroxyl groups is 2. The molecule has 0 aliphatic carbocycles. The predicted octanol–water partition coefficient (Wildman–Crippen LogP) is 3.74. The highest BCUT2D eigenvalue weighted by molar-refractivity contribution is 6.33. The highest BCUT2D eigenvalue weighted by Crippen LogP contribution is 2.37. The summed E-state index contributed by atoms with van der Waals surface area (Å²) in [6.07, 6.45) is 11.7. The molecule has 0 atom stereocenters. The standard InChI is InChI=1S/C23H27ClN2O6/c24-22-17-13-16(25-32-15-20(29)26-10-6-4-7-11-26)9-5-2-1-3-8-12-31-23(30)21(17)18(27)14-19(22)28/h3,5,8-9,14,27-28H,1-2,4,6-7,10-13,15H2. The second-order valence-electron chi connectivity index (χ2n) is 7.61. The normalized spacial score (nSPS) is 18.8. The minimum atomic E-state index is -0.771. The number of ether oxygens (including phenoxy) is 1. The van der Waals surface area contributed by atoms with Crippen molar-refractivity contribution < 1.29 is 29.4 Å². The Morgan fingerprint density at radius 2 is 1.88 bits per heavy atom. The van der Waals surface area contributed by atoms with Crippen LogP contribution in [-0.2, 0) is 20.8 Å². The lowest BCUT2D eigenvalue weighted by molar-refractivity contribution is -0.137. The maximum absolute atomic E-state index is 12.6. The number of allylic oxidation sites excluding steroid dienone is 3. The highest BCUT2D eigenvalue weighted by Gasteiger charge is 2.24. The summed E-state index contributed by atoms with van der Waals surface area (Å²) in [4.78, 5) is 32.0. The zero-order valence-corrected chi connectivity index (χ0v) is 18.5. The first-order valence-corrected chi connectivity index (χ1v) is 11.0. The van der Waals surface area contributed by atoms with Crippen LogP contribution in [0.1, 0.15) is 48.0 Å². The smallest absolute Gasteiger partial charge is 0.342 e. The highest BCUT2D eigenvalue weighted by atomic mass is 35.5. The molecule has 9 heteroatoms. The topological polar surface area (TPSA) is 109 Å². The van der Waals surface area contributed by atoms with Crippen LogP contribution in [0.25, 0.3) is 0 Å². The Hall–Kier alpha value is -3.00. The van der Waals surface area contributed by atoms with Gasteiger partial charge in [0.05, 0.1) is 10.7 Å². The van der Waals surface area contributed by atoms with Crippen LogP contribution in [0.4, 0.5) is 0 Å². The van der Waals surface area contributed by atoms with Gasteiger partial charge in [-0.15, -0.1) is 0 Å². The summed E-state index contributed by atoms with van der Waals surface area (Å²) in [6, 6.07) is 0.997. The molecule has 1 aromatic rings. The minimum absolute atomic E-state index is 0.0208. The van der Waals surface area contributed by atoms with Crippen LogP contribution in [-0.4, -0.2) is 59.0 Å². The number of nitrogens with zero attached hydrogens (tertiary/aromatic N) is 2. The van der Waals surface area contributed by atoms with Crippen molar-refractivity contribution in [2.45, 2.75) is 38.5 Å². The molecular formula is C23H27ClN2O6. The van der Waals surface area contributed by atoms with Crippen LogP contribution < -0.4 is 0 Å². The fourth-order valence-corrected chi connectivity index (χ4v) is 3.80. The Balaban J connectivity index is 1.85. The third kappa shape index (κ3) is 6.26. The Morgan fingerprint density at radius 1 is 1.12 bits per heavy atom. The maximum atomic E-state index is 12.6. The van der Waals surface area contributed by atoms with Gasteiger partial charge >= 0.3 is 5.97 Å². The number of fused-ring (bicyclic) bond motifs is 1. The summed E-state index contributed by atoms with van der Waals surface area (Å²) in [5.41, 5.74) is 0.387. The van der Waals surface area contributed by atoms with Crippen LogP contribution in [0.2, 0.25) is 5.02 Å². The lowest BCUT2D eigenvalue weighted by Crippen LogP contribution is -2.37. The molecule has 32 heavy (non-hydrogen) atoms. The second kappa shape index (κ2) is 11.6. The van der Waals surface area contributed by atoms with E-state index in [1.165, 1.54) is 0 Å². The summed E-state index contributed by atoms with van der Waals surface area (Å²) in [5, 5.41) is 24.3. The van der Waals surface area contributed by atoms with Gasteiger partial charge in [0.1, 0.15) is 23.7 Å². The summed E-state index contributed by atoms with van der Waals surface area (Å²) in [7, 11) is 0. The number of carbonyl (C=O) groups excluding carboxylic acids is 2. The van der Waals surface area contributed by atoms with E-state index in [0.29, 0.717) is 12.1 Å². The van der Waals surface area contributed by atoms with E-state index in [-0.39, 0.29) is 47.4 Å². The van der Waals surface area contributed by atoms with Crippen LogP contribution in [0.3, 0.4) is 0 Å². The molecule has 2 aliphatic heterocycles. The Kier molecular flexibility index (Phi) is 8.56. The van der Waals surface area contributed by atoms with Gasteiger partial charge in [-0.2, -0.15) is 0 Å². The number of cyclic esters (lactones) is 1. The number of phenols is 2. The lowest BCUT2D eigenvalue weighted by Gasteiger charge is -2.26. The molecular weight excluding hydrogens is 436 g/mol. The first-order valence-electron chi connectivity index (χ1n) is 10.7. The molecule has 1 saturated heterocycles. The summed E-state index contributed by atoms with van der Waals surface area (Å²) in [6.45, 7) is 1.28. The van der Waals surface area contributed by atoms with Gasteiger partial charge in [-0.3, -0.25) is 4.79 Å². The monoisotopic (exact) mass is 462 g/mol. The number of esters is 1. The first kappa shape index (κ1) is 23.7. The molecule has 0 bridgehead atoms. The predicted molar refractivity (Wildman–Crippen MR) is 120 cm³/mol. The van der Waals surface area contributed by atoms with Gasteiger partial charge in [0.25, 0.3) is 5.91 Å². The Morgan fingerprint density at radius 3 is 2.66 bits per heavy atom. The molecule has 1 aromatic carbocycles. The maximum Gasteiger partial charge on any atom is 0.342 e. The van der Waals surface area contributed by atoms with Crippen molar-refractivity contribution in [2.75, 3.05) is 26.3 Å².